The number of aryl methyl sites for hydroxylation is 1. The number of carbonyl (C=O) groups excluding carboxylic acids is 1. The van der Waals surface area contributed by atoms with E-state index in [1.165, 1.54) is 6.07 Å². The van der Waals surface area contributed by atoms with Crippen LogP contribution in [0.5, 0.6) is 0 Å². The van der Waals surface area contributed by atoms with Gasteiger partial charge in [-0.05, 0) is 25.1 Å². The number of urea groups is 1. The lowest BCUT2D eigenvalue weighted by molar-refractivity contribution is 0.0692. The number of hydrogen-bond acceptors (Lipinski definition) is 2. The van der Waals surface area contributed by atoms with E-state index in [4.69, 9.17) is 28.3 Å². The number of aromatic amines is 1. The molecular formula is C13H11Cl2N3O3. The maximum absolute atomic E-state index is 11.9. The number of H-pyrrole nitrogens is 1. The molecule has 4 N–H and O–H groups in total. The van der Waals surface area contributed by atoms with Gasteiger partial charge < -0.3 is 20.7 Å². The molecule has 0 saturated carbocycles. The number of anilines is 2. The molecule has 2 amide bonds. The van der Waals surface area contributed by atoms with Crippen LogP contribution in [0.3, 0.4) is 0 Å². The molecule has 2 aromatic rings. The summed E-state index contributed by atoms with van der Waals surface area (Å²) in [4.78, 5) is 25.6. The molecular weight excluding hydrogens is 317 g/mol. The zero-order valence-corrected chi connectivity index (χ0v) is 12.3. The number of amides is 2. The van der Waals surface area contributed by atoms with Gasteiger partial charge in [0.05, 0.1) is 21.4 Å². The molecule has 0 bridgehead atoms. The number of carboxylic acid groups (broad SMARTS) is 1. The minimum Gasteiger partial charge on any atom is -0.477 e. The number of hydrogen-bond donors (Lipinski definition) is 4. The summed E-state index contributed by atoms with van der Waals surface area (Å²) in [6, 6.07) is 5.66. The highest BCUT2D eigenvalue weighted by molar-refractivity contribution is 6.39. The fourth-order valence-electron chi connectivity index (χ4n) is 1.74. The minimum absolute atomic E-state index is 0.104. The first-order valence-electron chi connectivity index (χ1n) is 5.83. The molecule has 0 spiro atoms. The van der Waals surface area contributed by atoms with Gasteiger partial charge in [-0.2, -0.15) is 0 Å². The Hall–Kier alpha value is -2.18. The van der Waals surface area contributed by atoms with Crippen LogP contribution in [-0.4, -0.2) is 22.1 Å². The second kappa shape index (κ2) is 6.07. The van der Waals surface area contributed by atoms with E-state index in [0.29, 0.717) is 5.69 Å². The molecule has 8 heteroatoms. The van der Waals surface area contributed by atoms with E-state index in [2.05, 4.69) is 15.6 Å². The van der Waals surface area contributed by atoms with Crippen molar-refractivity contribution in [2.75, 3.05) is 10.6 Å². The molecule has 0 unspecified atom stereocenters. The molecule has 0 aliphatic rings. The lowest BCUT2D eigenvalue weighted by Gasteiger charge is -2.10. The van der Waals surface area contributed by atoms with Crippen LogP contribution in [0.15, 0.2) is 24.3 Å². The molecule has 2 rings (SSSR count). The molecule has 110 valence electrons. The Bertz CT molecular complexity index is 692. The SMILES string of the molecule is Cc1cc(NC(=O)Nc2c(Cl)cccc2Cl)c(C(=O)O)[nH]1. The first-order chi connectivity index (χ1) is 9.88. The molecule has 6 nitrogen and oxygen atoms in total. The minimum atomic E-state index is -1.17. The first-order valence-corrected chi connectivity index (χ1v) is 6.59. The van der Waals surface area contributed by atoms with Crippen molar-refractivity contribution in [2.24, 2.45) is 0 Å². The number of para-hydroxylation sites is 1. The molecule has 1 heterocycles. The Kier molecular flexibility index (Phi) is 4.40. The van der Waals surface area contributed by atoms with Gasteiger partial charge in [0, 0.05) is 5.69 Å². The molecule has 21 heavy (non-hydrogen) atoms. The molecule has 0 atom stereocenters. The number of aromatic carboxylic acids is 1. The standard InChI is InChI=1S/C13H11Cl2N3O3/c1-6-5-9(11(16-6)12(19)20)17-13(21)18-10-7(14)3-2-4-8(10)15/h2-5,16H,1H3,(H,19,20)(H2,17,18,21). The van der Waals surface area contributed by atoms with Crippen LogP contribution in [0.2, 0.25) is 10.0 Å². The maximum atomic E-state index is 11.9. The molecule has 0 aliphatic heterocycles. The lowest BCUT2D eigenvalue weighted by atomic mass is 10.3. The predicted octanol–water partition coefficient (Wildman–Crippen LogP) is 3.97. The topological polar surface area (TPSA) is 94.2 Å². The van der Waals surface area contributed by atoms with E-state index in [-0.39, 0.29) is 27.1 Å². The van der Waals surface area contributed by atoms with Gasteiger partial charge in [-0.1, -0.05) is 29.3 Å². The Morgan fingerprint density at radius 3 is 2.38 bits per heavy atom. The summed E-state index contributed by atoms with van der Waals surface area (Å²) in [6.07, 6.45) is 0. The molecule has 1 aromatic carbocycles. The van der Waals surface area contributed by atoms with Crippen LogP contribution < -0.4 is 10.6 Å². The fraction of sp³-hybridized carbons (Fsp3) is 0.0769. The van der Waals surface area contributed by atoms with Crippen molar-refractivity contribution in [1.29, 1.82) is 0 Å². The molecule has 0 aliphatic carbocycles. The number of carboxylic acids is 1. The normalized spacial score (nSPS) is 10.2. The van der Waals surface area contributed by atoms with Crippen molar-refractivity contribution in [3.63, 3.8) is 0 Å². The Morgan fingerprint density at radius 1 is 1.19 bits per heavy atom. The summed E-state index contributed by atoms with van der Waals surface area (Å²) in [5.41, 5.74) is 0.912. The number of carbonyl (C=O) groups is 2. The number of benzene rings is 1. The van der Waals surface area contributed by atoms with Crippen molar-refractivity contribution in [3.05, 3.63) is 45.7 Å². The zero-order chi connectivity index (χ0) is 15.6. The third-order valence-corrected chi connectivity index (χ3v) is 3.25. The van der Waals surface area contributed by atoms with Gasteiger partial charge in [0.25, 0.3) is 0 Å². The zero-order valence-electron chi connectivity index (χ0n) is 10.8. The third-order valence-electron chi connectivity index (χ3n) is 2.62. The second-order valence-electron chi connectivity index (χ2n) is 4.22. The van der Waals surface area contributed by atoms with Crippen molar-refractivity contribution < 1.29 is 14.7 Å². The summed E-state index contributed by atoms with van der Waals surface area (Å²) in [5.74, 6) is -1.17. The van der Waals surface area contributed by atoms with E-state index in [1.807, 2.05) is 0 Å². The van der Waals surface area contributed by atoms with Gasteiger partial charge in [-0.3, -0.25) is 0 Å². The van der Waals surface area contributed by atoms with Crippen LogP contribution >= 0.6 is 23.2 Å². The smallest absolute Gasteiger partial charge is 0.354 e. The molecule has 1 aromatic heterocycles. The van der Waals surface area contributed by atoms with Crippen molar-refractivity contribution in [1.82, 2.24) is 4.98 Å². The highest BCUT2D eigenvalue weighted by Crippen LogP contribution is 2.30. The van der Waals surface area contributed by atoms with Crippen molar-refractivity contribution in [3.8, 4) is 0 Å². The van der Waals surface area contributed by atoms with E-state index >= 15 is 0 Å². The molecule has 0 fully saturated rings. The number of rotatable bonds is 3. The Morgan fingerprint density at radius 2 is 1.81 bits per heavy atom. The van der Waals surface area contributed by atoms with Crippen LogP contribution in [0.1, 0.15) is 16.2 Å². The summed E-state index contributed by atoms with van der Waals surface area (Å²) in [6.45, 7) is 1.68. The van der Waals surface area contributed by atoms with Crippen molar-refractivity contribution in [2.45, 2.75) is 6.92 Å². The van der Waals surface area contributed by atoms with Gasteiger partial charge in [-0.25, -0.2) is 9.59 Å². The summed E-state index contributed by atoms with van der Waals surface area (Å²) < 4.78 is 0. The van der Waals surface area contributed by atoms with E-state index < -0.39 is 12.0 Å². The van der Waals surface area contributed by atoms with E-state index in [0.717, 1.165) is 0 Å². The van der Waals surface area contributed by atoms with Crippen LogP contribution in [0.25, 0.3) is 0 Å². The fourth-order valence-corrected chi connectivity index (χ4v) is 2.23. The quantitative estimate of drug-likeness (QED) is 0.686. The van der Waals surface area contributed by atoms with Crippen LogP contribution in [0, 0.1) is 6.92 Å². The summed E-state index contributed by atoms with van der Waals surface area (Å²) >= 11 is 11.9. The van der Waals surface area contributed by atoms with Gasteiger partial charge in [-0.15, -0.1) is 0 Å². The highest BCUT2D eigenvalue weighted by Gasteiger charge is 2.16. The number of nitrogens with one attached hydrogen (secondary N) is 3. The monoisotopic (exact) mass is 327 g/mol. The Labute approximate surface area is 130 Å². The summed E-state index contributed by atoms with van der Waals surface area (Å²) in [7, 11) is 0. The van der Waals surface area contributed by atoms with Gasteiger partial charge in [0.15, 0.2) is 0 Å². The first kappa shape index (κ1) is 15.2. The highest BCUT2D eigenvalue weighted by atomic mass is 35.5. The molecule has 0 saturated heterocycles. The average Bonchev–Trinajstić information content (AvgIpc) is 2.75. The number of halogens is 2. The van der Waals surface area contributed by atoms with Gasteiger partial charge in [0.1, 0.15) is 5.69 Å². The van der Waals surface area contributed by atoms with Crippen LogP contribution in [0.4, 0.5) is 16.2 Å². The lowest BCUT2D eigenvalue weighted by Crippen LogP contribution is -2.21. The van der Waals surface area contributed by atoms with Crippen molar-refractivity contribution >= 4 is 46.6 Å². The van der Waals surface area contributed by atoms with E-state index in [9.17, 15) is 9.59 Å². The summed E-state index contributed by atoms with van der Waals surface area (Å²) in [5, 5.41) is 14.5. The second-order valence-corrected chi connectivity index (χ2v) is 5.04. The third kappa shape index (κ3) is 3.48. The van der Waals surface area contributed by atoms with E-state index in [1.54, 1.807) is 25.1 Å². The van der Waals surface area contributed by atoms with Gasteiger partial charge >= 0.3 is 12.0 Å². The van der Waals surface area contributed by atoms with Crippen LogP contribution in [-0.2, 0) is 0 Å². The number of aromatic nitrogens is 1. The predicted molar refractivity (Wildman–Crippen MR) is 81.6 cm³/mol. The van der Waals surface area contributed by atoms with Gasteiger partial charge in [0.2, 0.25) is 0 Å². The Balaban J connectivity index is 2.18. The maximum Gasteiger partial charge on any atom is 0.354 e. The average molecular weight is 328 g/mol. The largest absolute Gasteiger partial charge is 0.477 e. The molecule has 0 radical (unpaired) electrons.